The molecular weight excluding hydrogens is 265 g/mol. The van der Waals surface area contributed by atoms with Crippen molar-refractivity contribution >= 4 is 25.5 Å². The molecule has 2 nitrogen and oxygen atoms in total. The molecule has 20 heavy (non-hydrogen) atoms. The molecule has 1 aromatic rings. The summed E-state index contributed by atoms with van der Waals surface area (Å²) >= 11 is 1.71. The van der Waals surface area contributed by atoms with E-state index < -0.39 is 0 Å². The average Bonchev–Trinajstić information content (AvgIpc) is 2.99. The third-order valence-corrected chi connectivity index (χ3v) is 2.37. The second-order valence-corrected chi connectivity index (χ2v) is 4.11. The number of carbonyl (C=O) groups is 1. The van der Waals surface area contributed by atoms with Gasteiger partial charge in [0, 0.05) is 14.1 Å². The number of allylic oxidation sites excluding steroid dienone is 1. The molecule has 0 aliphatic heterocycles. The fourth-order valence-electron chi connectivity index (χ4n) is 1.02. The van der Waals surface area contributed by atoms with Gasteiger partial charge < -0.3 is 5.32 Å². The molecule has 0 aliphatic carbocycles. The molecule has 0 fully saturated rings. The van der Waals surface area contributed by atoms with E-state index in [1.807, 2.05) is 64.4 Å². The van der Waals surface area contributed by atoms with E-state index in [0.29, 0.717) is 0 Å². The minimum absolute atomic E-state index is 0. The number of thiophene rings is 1. The summed E-state index contributed by atoms with van der Waals surface area (Å²) in [5.74, 6) is 0.172. The summed E-state index contributed by atoms with van der Waals surface area (Å²) in [4.78, 5) is 10.8. The second kappa shape index (κ2) is 23.1. The molecular formula is C16H31BNOS. The third-order valence-electron chi connectivity index (χ3n) is 1.74. The molecule has 1 rings (SSSR count). The van der Waals surface area contributed by atoms with Gasteiger partial charge in [-0.15, -0.1) is 0 Å². The second-order valence-electron chi connectivity index (χ2n) is 3.29. The molecule has 4 heteroatoms. The van der Waals surface area contributed by atoms with Gasteiger partial charge in [0.2, 0.25) is 0 Å². The van der Waals surface area contributed by atoms with Crippen LogP contribution < -0.4 is 5.32 Å². The van der Waals surface area contributed by atoms with E-state index in [0.717, 1.165) is 12.1 Å². The SMILES string of the molecule is C=C(C)N[C@@H](CC)C(C)=O.CC.CC.[B].c1ccsc1. The monoisotopic (exact) mass is 296 g/mol. The van der Waals surface area contributed by atoms with E-state index in [1.165, 1.54) is 0 Å². The number of Topliss-reactive ketones (excluding diaryl/α,β-unsaturated/α-hetero) is 1. The number of hydrogen-bond donors (Lipinski definition) is 1. The van der Waals surface area contributed by atoms with Crippen molar-refractivity contribution in [1.29, 1.82) is 0 Å². The van der Waals surface area contributed by atoms with Crippen molar-refractivity contribution in [2.24, 2.45) is 0 Å². The van der Waals surface area contributed by atoms with Crippen LogP contribution in [0.2, 0.25) is 0 Å². The van der Waals surface area contributed by atoms with Gasteiger partial charge in [0.1, 0.15) is 0 Å². The highest BCUT2D eigenvalue weighted by Crippen LogP contribution is 1.94. The van der Waals surface area contributed by atoms with Crippen molar-refractivity contribution in [1.82, 2.24) is 5.32 Å². The molecule has 115 valence electrons. The zero-order chi connectivity index (χ0) is 15.7. The predicted molar refractivity (Wildman–Crippen MR) is 95.5 cm³/mol. The van der Waals surface area contributed by atoms with Gasteiger partial charge in [-0.2, -0.15) is 11.3 Å². The highest BCUT2D eigenvalue weighted by atomic mass is 32.1. The highest BCUT2D eigenvalue weighted by molar-refractivity contribution is 7.07. The highest BCUT2D eigenvalue weighted by Gasteiger charge is 2.08. The number of rotatable bonds is 4. The van der Waals surface area contributed by atoms with Crippen LogP contribution in [-0.2, 0) is 4.79 Å². The minimum atomic E-state index is -0.0440. The summed E-state index contributed by atoms with van der Waals surface area (Å²) in [7, 11) is 0. The molecule has 3 radical (unpaired) electrons. The van der Waals surface area contributed by atoms with Crippen LogP contribution >= 0.6 is 11.3 Å². The topological polar surface area (TPSA) is 29.1 Å². The summed E-state index contributed by atoms with van der Waals surface area (Å²) < 4.78 is 0. The summed E-state index contributed by atoms with van der Waals surface area (Å²) in [6.45, 7) is 17.1. The molecule has 1 atom stereocenters. The van der Waals surface area contributed by atoms with Crippen LogP contribution in [0.1, 0.15) is 54.9 Å². The first-order valence-electron chi connectivity index (χ1n) is 6.97. The fourth-order valence-corrected chi connectivity index (χ4v) is 1.47. The van der Waals surface area contributed by atoms with Gasteiger partial charge in [0.25, 0.3) is 0 Å². The maximum atomic E-state index is 10.8. The summed E-state index contributed by atoms with van der Waals surface area (Å²) in [5.41, 5.74) is 0.849. The van der Waals surface area contributed by atoms with Gasteiger partial charge in [-0.1, -0.05) is 53.3 Å². The van der Waals surface area contributed by atoms with Gasteiger partial charge >= 0.3 is 0 Å². The molecule has 0 saturated carbocycles. The van der Waals surface area contributed by atoms with Crippen molar-refractivity contribution < 1.29 is 4.79 Å². The molecule has 0 saturated heterocycles. The van der Waals surface area contributed by atoms with Gasteiger partial charge in [-0.05, 0) is 31.0 Å². The molecule has 0 aliphatic rings. The molecule has 0 bridgehead atoms. The zero-order valence-electron chi connectivity index (χ0n) is 14.2. The Balaban J connectivity index is -0.000000108. The first-order valence-corrected chi connectivity index (χ1v) is 7.91. The Morgan fingerprint density at radius 2 is 1.55 bits per heavy atom. The van der Waals surface area contributed by atoms with E-state index >= 15 is 0 Å². The van der Waals surface area contributed by atoms with E-state index in [-0.39, 0.29) is 20.2 Å². The zero-order valence-corrected chi connectivity index (χ0v) is 15.0. The maximum absolute atomic E-state index is 10.8. The van der Waals surface area contributed by atoms with Crippen molar-refractivity contribution in [3.63, 3.8) is 0 Å². The number of nitrogens with one attached hydrogen (secondary N) is 1. The van der Waals surface area contributed by atoms with Crippen LogP contribution in [0.4, 0.5) is 0 Å². The van der Waals surface area contributed by atoms with Crippen molar-refractivity contribution in [2.75, 3.05) is 0 Å². The summed E-state index contributed by atoms with van der Waals surface area (Å²) in [5, 5.41) is 7.07. The first-order chi connectivity index (χ1) is 9.07. The smallest absolute Gasteiger partial charge is 0.151 e. The Morgan fingerprint density at radius 1 is 1.15 bits per heavy atom. The Bertz CT molecular complexity index is 269. The number of ketones is 1. The lowest BCUT2D eigenvalue weighted by atomic mass is 10.1. The van der Waals surface area contributed by atoms with E-state index in [2.05, 4.69) is 11.9 Å². The van der Waals surface area contributed by atoms with Crippen molar-refractivity contribution in [3.05, 3.63) is 35.2 Å². The van der Waals surface area contributed by atoms with Crippen LogP contribution in [0.5, 0.6) is 0 Å². The molecule has 1 aromatic heterocycles. The Kier molecular flexibility index (Phi) is 31.6. The van der Waals surface area contributed by atoms with Gasteiger partial charge in [0.05, 0.1) is 6.04 Å². The van der Waals surface area contributed by atoms with Gasteiger partial charge in [0.15, 0.2) is 5.78 Å². The fraction of sp³-hybridized carbons (Fsp3) is 0.562. The predicted octanol–water partition coefficient (Wildman–Crippen LogP) is 4.90. The molecule has 1 N–H and O–H groups in total. The average molecular weight is 296 g/mol. The lowest BCUT2D eigenvalue weighted by molar-refractivity contribution is -0.118. The normalized spacial score (nSPS) is 8.75. The minimum Gasteiger partial charge on any atom is -0.379 e. The van der Waals surface area contributed by atoms with E-state index in [9.17, 15) is 4.79 Å². The standard InChI is InChI=1S/C8H15NO.C4H4S.2C2H6.B/c1-5-8(7(4)10)9-6(2)3;1-2-4-5-3-1;2*1-2;/h8-9H,2,5H2,1,3-4H3;1-4H;2*1-2H3;/t8-;;;;/m0..../s1. The van der Waals surface area contributed by atoms with Crippen molar-refractivity contribution in [2.45, 2.75) is 60.9 Å². The van der Waals surface area contributed by atoms with Gasteiger partial charge in [-0.25, -0.2) is 0 Å². The largest absolute Gasteiger partial charge is 0.379 e. The van der Waals surface area contributed by atoms with E-state index in [1.54, 1.807) is 18.3 Å². The van der Waals surface area contributed by atoms with Gasteiger partial charge in [-0.3, -0.25) is 4.79 Å². The van der Waals surface area contributed by atoms with Crippen molar-refractivity contribution in [3.8, 4) is 0 Å². The molecule has 0 amide bonds. The maximum Gasteiger partial charge on any atom is 0.151 e. The quantitative estimate of drug-likeness (QED) is 0.801. The molecule has 0 aromatic carbocycles. The number of carbonyl (C=O) groups excluding carboxylic acids is 1. The molecule has 1 heterocycles. The first kappa shape index (κ1) is 27.3. The van der Waals surface area contributed by atoms with Crippen LogP contribution in [0, 0.1) is 0 Å². The lowest BCUT2D eigenvalue weighted by Gasteiger charge is -2.13. The van der Waals surface area contributed by atoms with E-state index in [4.69, 9.17) is 0 Å². The Morgan fingerprint density at radius 3 is 1.65 bits per heavy atom. The van der Waals surface area contributed by atoms with Crippen LogP contribution in [-0.4, -0.2) is 20.2 Å². The van der Waals surface area contributed by atoms with Crippen LogP contribution in [0.25, 0.3) is 0 Å². The lowest BCUT2D eigenvalue weighted by Crippen LogP contribution is -2.32. The summed E-state index contributed by atoms with van der Waals surface area (Å²) in [6, 6.07) is 3.99. The number of hydrogen-bond acceptors (Lipinski definition) is 3. The third kappa shape index (κ3) is 22.2. The van der Waals surface area contributed by atoms with Crippen LogP contribution in [0.3, 0.4) is 0 Å². The molecule has 0 spiro atoms. The van der Waals surface area contributed by atoms with Crippen LogP contribution in [0.15, 0.2) is 35.2 Å². The Hall–Kier alpha value is -1.03. The summed E-state index contributed by atoms with van der Waals surface area (Å²) in [6.07, 6.45) is 0.822. The Labute approximate surface area is 132 Å². The molecule has 0 unspecified atom stereocenters.